The molecule has 2 heterocycles. The molecule has 3 N–H and O–H groups in total. The van der Waals surface area contributed by atoms with Gasteiger partial charge in [0, 0.05) is 36.2 Å². The maximum absolute atomic E-state index is 14.2. The highest BCUT2D eigenvalue weighted by Crippen LogP contribution is 2.40. The molecule has 1 amide bonds. The number of nitrogen functional groups attached to an aromatic ring is 1. The Bertz CT molecular complexity index is 1610. The molecule has 2 aromatic heterocycles. The van der Waals surface area contributed by atoms with E-state index in [-0.39, 0.29) is 46.4 Å². The van der Waals surface area contributed by atoms with Crippen molar-refractivity contribution in [3.05, 3.63) is 66.1 Å². The Hall–Kier alpha value is -4.02. The largest absolute Gasteiger partial charge is 0.368 e. The number of halogens is 4. The van der Waals surface area contributed by atoms with Gasteiger partial charge in [0.15, 0.2) is 0 Å². The van der Waals surface area contributed by atoms with Gasteiger partial charge in [0.2, 0.25) is 24.7 Å². The van der Waals surface area contributed by atoms with Crippen molar-refractivity contribution in [2.45, 2.75) is 90.5 Å². The summed E-state index contributed by atoms with van der Waals surface area (Å²) in [6.45, 7) is 9.64. The number of alkyl halides is 4. The molecular weight excluding hydrogens is 574 g/mol. The topological polar surface area (TPSA) is 103 Å². The van der Waals surface area contributed by atoms with Crippen LogP contribution in [0.1, 0.15) is 82.8 Å². The highest BCUT2D eigenvalue weighted by atomic mass is 19.3. The number of aromatic nitrogens is 3. The summed E-state index contributed by atoms with van der Waals surface area (Å²) in [6.07, 6.45) is -3.84. The molecule has 2 aromatic carbocycles. The smallest absolute Gasteiger partial charge is 0.281 e. The molecular formula is C33H39F4N5O2. The zero-order chi connectivity index (χ0) is 32.4. The van der Waals surface area contributed by atoms with Gasteiger partial charge in [0.25, 0.3) is 5.91 Å². The third-order valence-electron chi connectivity index (χ3n) is 7.69. The summed E-state index contributed by atoms with van der Waals surface area (Å²) in [6, 6.07) is 11.9. The number of rotatable bonds is 11. The van der Waals surface area contributed by atoms with Crippen molar-refractivity contribution in [2.75, 3.05) is 5.73 Å². The fourth-order valence-electron chi connectivity index (χ4n) is 6.21. The van der Waals surface area contributed by atoms with Crippen LogP contribution in [-0.2, 0) is 10.2 Å². The molecule has 0 aliphatic carbocycles. The summed E-state index contributed by atoms with van der Waals surface area (Å²) >= 11 is 0. The first kappa shape index (κ1) is 32.9. The van der Waals surface area contributed by atoms with Crippen LogP contribution >= 0.6 is 0 Å². The quantitative estimate of drug-likeness (QED) is 0.170. The molecule has 7 nitrogen and oxygen atoms in total. The molecule has 0 spiro atoms. The number of hydrogen-bond donors (Lipinski definition) is 2. The molecule has 0 saturated heterocycles. The molecule has 0 atom stereocenters. The highest BCUT2D eigenvalue weighted by Gasteiger charge is 2.43. The zero-order valence-corrected chi connectivity index (χ0v) is 25.6. The van der Waals surface area contributed by atoms with Gasteiger partial charge in [-0.2, -0.15) is 0 Å². The maximum atomic E-state index is 14.2. The van der Waals surface area contributed by atoms with Gasteiger partial charge in [-0.25, -0.2) is 27.5 Å². The first-order chi connectivity index (χ1) is 20.5. The van der Waals surface area contributed by atoms with Gasteiger partial charge in [-0.15, -0.1) is 0 Å². The molecule has 236 valence electrons. The van der Waals surface area contributed by atoms with Gasteiger partial charge >= 0.3 is 0 Å². The molecule has 4 aromatic rings. The minimum Gasteiger partial charge on any atom is -0.368 e. The van der Waals surface area contributed by atoms with E-state index < -0.39 is 48.5 Å². The van der Waals surface area contributed by atoms with E-state index in [2.05, 4.69) is 15.3 Å². The van der Waals surface area contributed by atoms with Crippen LogP contribution in [0, 0.1) is 5.41 Å². The van der Waals surface area contributed by atoms with Gasteiger partial charge in [-0.1, -0.05) is 51.1 Å². The predicted molar refractivity (Wildman–Crippen MR) is 164 cm³/mol. The predicted octanol–water partition coefficient (Wildman–Crippen LogP) is 7.51. The SMILES string of the molecule is CC(C)(C)CC(C)(C)NC(=O)C(CCC(F)F)(CCC(F)F)c1ccc2nc(N)nc(C(=O)n3cc4ccccc4c3)c2c1. The number of carbonyl (C=O) groups is 2. The lowest BCUT2D eigenvalue weighted by molar-refractivity contribution is -0.130. The number of fused-ring (bicyclic) bond motifs is 2. The van der Waals surface area contributed by atoms with Gasteiger partial charge in [-0.05, 0) is 67.0 Å². The van der Waals surface area contributed by atoms with E-state index in [1.54, 1.807) is 12.4 Å². The lowest BCUT2D eigenvalue weighted by Gasteiger charge is -2.39. The summed E-state index contributed by atoms with van der Waals surface area (Å²) in [5, 5.41) is 4.85. The van der Waals surface area contributed by atoms with Crippen LogP contribution in [0.15, 0.2) is 54.9 Å². The Kier molecular flexibility index (Phi) is 9.37. The Morgan fingerprint density at radius 3 is 1.98 bits per heavy atom. The third-order valence-corrected chi connectivity index (χ3v) is 7.69. The van der Waals surface area contributed by atoms with Gasteiger partial charge in [0.1, 0.15) is 5.69 Å². The molecule has 0 fully saturated rings. The average Bonchev–Trinajstić information content (AvgIpc) is 3.35. The number of nitrogens with one attached hydrogen (secondary N) is 1. The zero-order valence-electron chi connectivity index (χ0n) is 25.6. The summed E-state index contributed by atoms with van der Waals surface area (Å²) in [5.74, 6) is -1.32. The van der Waals surface area contributed by atoms with Crippen molar-refractivity contribution >= 4 is 39.4 Å². The van der Waals surface area contributed by atoms with Crippen LogP contribution in [0.5, 0.6) is 0 Å². The van der Waals surface area contributed by atoms with Crippen molar-refractivity contribution in [2.24, 2.45) is 5.41 Å². The van der Waals surface area contributed by atoms with Crippen LogP contribution in [0.3, 0.4) is 0 Å². The number of nitrogens with two attached hydrogens (primary N) is 1. The third kappa shape index (κ3) is 7.54. The van der Waals surface area contributed by atoms with E-state index in [9.17, 15) is 27.2 Å². The van der Waals surface area contributed by atoms with Crippen LogP contribution in [0.25, 0.3) is 21.7 Å². The average molecular weight is 614 g/mol. The minimum atomic E-state index is -2.76. The van der Waals surface area contributed by atoms with E-state index in [1.807, 2.05) is 58.9 Å². The van der Waals surface area contributed by atoms with Crippen LogP contribution in [-0.4, -0.2) is 44.7 Å². The van der Waals surface area contributed by atoms with Crippen molar-refractivity contribution in [1.29, 1.82) is 0 Å². The molecule has 0 aliphatic rings. The van der Waals surface area contributed by atoms with E-state index in [4.69, 9.17) is 5.73 Å². The number of anilines is 1. The molecule has 0 saturated carbocycles. The minimum absolute atomic E-state index is 0.0697. The number of hydrogen-bond acceptors (Lipinski definition) is 5. The molecule has 0 aliphatic heterocycles. The second kappa shape index (κ2) is 12.5. The second-order valence-electron chi connectivity index (χ2n) is 13.3. The fraction of sp³-hybridized carbons (Fsp3) is 0.455. The summed E-state index contributed by atoms with van der Waals surface area (Å²) in [5.41, 5.74) is 3.67. The van der Waals surface area contributed by atoms with Gasteiger partial charge in [0.05, 0.1) is 10.9 Å². The number of amides is 1. The standard InChI is InChI=1S/C33H39F4N5O2/c1-31(2,3)19-32(4,5)41-29(44)33(14-12-25(34)35,15-13-26(36)37)22-10-11-24-23(16-22)27(40-30(38)39-24)28(43)42-17-20-8-6-7-9-21(20)18-42/h6-11,16-18,25-26H,12-15,19H2,1-5H3,(H,41,44)(H2,38,39,40). The Morgan fingerprint density at radius 1 is 0.886 bits per heavy atom. The fourth-order valence-corrected chi connectivity index (χ4v) is 6.21. The van der Waals surface area contributed by atoms with Crippen LogP contribution in [0.4, 0.5) is 23.5 Å². The molecule has 11 heteroatoms. The Balaban J connectivity index is 1.89. The van der Waals surface area contributed by atoms with Gasteiger partial charge in [-0.3, -0.25) is 14.2 Å². The number of carbonyl (C=O) groups excluding carboxylic acids is 2. The first-order valence-corrected chi connectivity index (χ1v) is 14.6. The summed E-state index contributed by atoms with van der Waals surface area (Å²) in [4.78, 5) is 36.4. The lowest BCUT2D eigenvalue weighted by atomic mass is 9.71. The summed E-state index contributed by atoms with van der Waals surface area (Å²) in [7, 11) is 0. The Labute approximate surface area is 254 Å². The molecule has 0 bridgehead atoms. The number of nitrogens with zero attached hydrogens (tertiary/aromatic N) is 3. The van der Waals surface area contributed by atoms with E-state index in [1.165, 1.54) is 22.8 Å². The van der Waals surface area contributed by atoms with E-state index >= 15 is 0 Å². The molecule has 0 radical (unpaired) electrons. The van der Waals surface area contributed by atoms with E-state index in [0.29, 0.717) is 6.42 Å². The maximum Gasteiger partial charge on any atom is 0.281 e. The van der Waals surface area contributed by atoms with Crippen molar-refractivity contribution in [1.82, 2.24) is 19.9 Å². The molecule has 4 rings (SSSR count). The van der Waals surface area contributed by atoms with E-state index in [0.717, 1.165) is 10.8 Å². The van der Waals surface area contributed by atoms with Crippen molar-refractivity contribution in [3.8, 4) is 0 Å². The first-order valence-electron chi connectivity index (χ1n) is 14.6. The van der Waals surface area contributed by atoms with Crippen LogP contribution in [0.2, 0.25) is 0 Å². The normalized spacial score (nSPS) is 12.9. The van der Waals surface area contributed by atoms with Crippen molar-refractivity contribution in [3.63, 3.8) is 0 Å². The lowest BCUT2D eigenvalue weighted by Crippen LogP contribution is -2.54. The Morgan fingerprint density at radius 2 is 1.45 bits per heavy atom. The number of benzene rings is 2. The monoisotopic (exact) mass is 613 g/mol. The molecule has 0 unspecified atom stereocenters. The second-order valence-corrected chi connectivity index (χ2v) is 13.3. The van der Waals surface area contributed by atoms with Crippen molar-refractivity contribution < 1.29 is 27.2 Å². The molecule has 44 heavy (non-hydrogen) atoms. The summed E-state index contributed by atoms with van der Waals surface area (Å²) < 4.78 is 56.1. The van der Waals surface area contributed by atoms with Crippen LogP contribution < -0.4 is 11.1 Å². The van der Waals surface area contributed by atoms with Gasteiger partial charge < -0.3 is 11.1 Å². The highest BCUT2D eigenvalue weighted by molar-refractivity contribution is 6.07.